The summed E-state index contributed by atoms with van der Waals surface area (Å²) in [5.74, 6) is 1.79. The van der Waals surface area contributed by atoms with Crippen LogP contribution in [0.25, 0.3) is 0 Å². The van der Waals surface area contributed by atoms with E-state index in [1.807, 2.05) is 12.1 Å². The van der Waals surface area contributed by atoms with Crippen LogP contribution in [-0.2, 0) is 14.9 Å². The summed E-state index contributed by atoms with van der Waals surface area (Å²) in [6, 6.07) is 8.46. The van der Waals surface area contributed by atoms with Crippen molar-refractivity contribution in [2.45, 2.75) is 31.6 Å². The van der Waals surface area contributed by atoms with Crippen molar-refractivity contribution in [3.63, 3.8) is 0 Å². The topological polar surface area (TPSA) is 67.4 Å². The molecule has 2 heterocycles. The Labute approximate surface area is 181 Å². The first-order valence-corrected chi connectivity index (χ1v) is 11.3. The number of aliphatic imine (C=N–C) groups is 1. The van der Waals surface area contributed by atoms with Crippen LogP contribution in [0.1, 0.15) is 31.7 Å². The Kier molecular flexibility index (Phi) is 9.24. The highest BCUT2D eigenvalue weighted by Crippen LogP contribution is 2.36. The van der Waals surface area contributed by atoms with Crippen LogP contribution in [0.4, 0.5) is 0 Å². The minimum Gasteiger partial charge on any atom is -0.497 e. The van der Waals surface area contributed by atoms with Gasteiger partial charge < -0.3 is 24.8 Å². The summed E-state index contributed by atoms with van der Waals surface area (Å²) >= 11 is 0. The second kappa shape index (κ2) is 12.1. The third kappa shape index (κ3) is 6.59. The molecular formula is C23H38N4O3. The van der Waals surface area contributed by atoms with Gasteiger partial charge in [0, 0.05) is 44.8 Å². The SMILES string of the molecule is CCNC(=NCC1(c2ccc(OC)cc2)CCOCC1)NCCCN1CCOCC1. The zero-order valence-corrected chi connectivity index (χ0v) is 18.6. The van der Waals surface area contributed by atoms with Gasteiger partial charge in [-0.25, -0.2) is 0 Å². The molecule has 0 spiro atoms. The van der Waals surface area contributed by atoms with Crippen molar-refractivity contribution in [1.29, 1.82) is 0 Å². The van der Waals surface area contributed by atoms with Crippen molar-refractivity contribution in [3.05, 3.63) is 29.8 Å². The number of nitrogens with zero attached hydrogens (tertiary/aromatic N) is 2. The molecule has 1 aromatic rings. The molecule has 30 heavy (non-hydrogen) atoms. The predicted molar refractivity (Wildman–Crippen MR) is 121 cm³/mol. The number of morpholine rings is 1. The molecule has 3 rings (SSSR count). The summed E-state index contributed by atoms with van der Waals surface area (Å²) in [6.45, 7) is 11.1. The van der Waals surface area contributed by atoms with Gasteiger partial charge in [-0.15, -0.1) is 0 Å². The zero-order chi connectivity index (χ0) is 21.1. The summed E-state index contributed by atoms with van der Waals surface area (Å²) in [7, 11) is 1.71. The number of ether oxygens (including phenoxy) is 3. The van der Waals surface area contributed by atoms with Crippen LogP contribution in [0.5, 0.6) is 5.75 Å². The van der Waals surface area contributed by atoms with Gasteiger partial charge >= 0.3 is 0 Å². The molecule has 1 aromatic carbocycles. The standard InChI is InChI=1S/C23H38N4O3/c1-3-24-22(25-11-4-12-27-13-17-30-18-14-27)26-19-23(9-15-29-16-10-23)20-5-7-21(28-2)8-6-20/h5-8H,3-4,9-19H2,1-2H3,(H2,24,25,26). The Morgan fingerprint density at radius 3 is 2.43 bits per heavy atom. The lowest BCUT2D eigenvalue weighted by atomic mass is 9.74. The largest absolute Gasteiger partial charge is 0.497 e. The van der Waals surface area contributed by atoms with E-state index in [0.29, 0.717) is 0 Å². The Morgan fingerprint density at radius 2 is 1.77 bits per heavy atom. The molecule has 168 valence electrons. The number of benzene rings is 1. The number of methoxy groups -OCH3 is 1. The van der Waals surface area contributed by atoms with Gasteiger partial charge in [0.2, 0.25) is 0 Å². The summed E-state index contributed by atoms with van der Waals surface area (Å²) in [5, 5.41) is 6.92. The third-order valence-corrected chi connectivity index (χ3v) is 6.08. The highest BCUT2D eigenvalue weighted by molar-refractivity contribution is 5.79. The zero-order valence-electron chi connectivity index (χ0n) is 18.6. The van der Waals surface area contributed by atoms with Crippen LogP contribution in [0, 0.1) is 0 Å². The molecule has 2 saturated heterocycles. The monoisotopic (exact) mass is 418 g/mol. The van der Waals surface area contributed by atoms with E-state index in [-0.39, 0.29) is 5.41 Å². The Balaban J connectivity index is 1.59. The third-order valence-electron chi connectivity index (χ3n) is 6.08. The van der Waals surface area contributed by atoms with Crippen LogP contribution < -0.4 is 15.4 Å². The maximum atomic E-state index is 5.66. The lowest BCUT2D eigenvalue weighted by Crippen LogP contribution is -2.42. The van der Waals surface area contributed by atoms with Gasteiger partial charge in [-0.1, -0.05) is 12.1 Å². The molecular weight excluding hydrogens is 380 g/mol. The molecule has 2 fully saturated rings. The predicted octanol–water partition coefficient (Wildman–Crippen LogP) is 2.02. The average molecular weight is 419 g/mol. The van der Waals surface area contributed by atoms with E-state index in [9.17, 15) is 0 Å². The fourth-order valence-corrected chi connectivity index (χ4v) is 4.15. The van der Waals surface area contributed by atoms with Crippen LogP contribution in [-0.4, -0.2) is 83.7 Å². The summed E-state index contributed by atoms with van der Waals surface area (Å²) in [4.78, 5) is 7.45. The maximum Gasteiger partial charge on any atom is 0.191 e. The maximum absolute atomic E-state index is 5.66. The fourth-order valence-electron chi connectivity index (χ4n) is 4.15. The van der Waals surface area contributed by atoms with Crippen molar-refractivity contribution in [1.82, 2.24) is 15.5 Å². The number of hydrogen-bond donors (Lipinski definition) is 2. The molecule has 7 nitrogen and oxygen atoms in total. The molecule has 0 radical (unpaired) electrons. The normalized spacial score (nSPS) is 20.0. The lowest BCUT2D eigenvalue weighted by Gasteiger charge is -2.36. The molecule has 2 N–H and O–H groups in total. The molecule has 2 aliphatic heterocycles. The molecule has 0 unspecified atom stereocenters. The smallest absolute Gasteiger partial charge is 0.191 e. The second-order valence-electron chi connectivity index (χ2n) is 8.05. The summed E-state index contributed by atoms with van der Waals surface area (Å²) < 4.78 is 16.4. The first-order valence-electron chi connectivity index (χ1n) is 11.3. The number of hydrogen-bond acceptors (Lipinski definition) is 5. The van der Waals surface area contributed by atoms with Gasteiger partial charge in [0.15, 0.2) is 5.96 Å². The number of nitrogens with one attached hydrogen (secondary N) is 2. The van der Waals surface area contributed by atoms with E-state index in [1.54, 1.807) is 7.11 Å². The molecule has 0 saturated carbocycles. The van der Waals surface area contributed by atoms with E-state index in [1.165, 1.54) is 5.56 Å². The van der Waals surface area contributed by atoms with Gasteiger partial charge in [0.1, 0.15) is 5.75 Å². The summed E-state index contributed by atoms with van der Waals surface area (Å²) in [6.07, 6.45) is 3.07. The van der Waals surface area contributed by atoms with E-state index in [0.717, 1.165) is 96.7 Å². The number of guanidine groups is 1. The second-order valence-corrected chi connectivity index (χ2v) is 8.05. The van der Waals surface area contributed by atoms with Crippen LogP contribution in [0.2, 0.25) is 0 Å². The van der Waals surface area contributed by atoms with Crippen molar-refractivity contribution < 1.29 is 14.2 Å². The summed E-state index contributed by atoms with van der Waals surface area (Å²) in [5.41, 5.74) is 1.33. The first-order chi connectivity index (χ1) is 14.8. The minimum atomic E-state index is 0.0146. The van der Waals surface area contributed by atoms with E-state index < -0.39 is 0 Å². The molecule has 0 aliphatic carbocycles. The Bertz CT molecular complexity index is 638. The molecule has 0 bridgehead atoms. The Morgan fingerprint density at radius 1 is 1.07 bits per heavy atom. The van der Waals surface area contributed by atoms with Crippen molar-refractivity contribution >= 4 is 5.96 Å². The van der Waals surface area contributed by atoms with Gasteiger partial charge in [-0.05, 0) is 50.4 Å². The molecule has 0 aromatic heterocycles. The highest BCUT2D eigenvalue weighted by Gasteiger charge is 2.34. The van der Waals surface area contributed by atoms with Crippen molar-refractivity contribution in [2.24, 2.45) is 4.99 Å². The van der Waals surface area contributed by atoms with Gasteiger partial charge in [-0.2, -0.15) is 0 Å². The first kappa shape index (κ1) is 22.8. The van der Waals surface area contributed by atoms with Gasteiger partial charge in [-0.3, -0.25) is 9.89 Å². The van der Waals surface area contributed by atoms with E-state index >= 15 is 0 Å². The van der Waals surface area contributed by atoms with Crippen LogP contribution in [0.15, 0.2) is 29.3 Å². The minimum absolute atomic E-state index is 0.0146. The molecule has 2 aliphatic rings. The van der Waals surface area contributed by atoms with Crippen LogP contribution in [0.3, 0.4) is 0 Å². The van der Waals surface area contributed by atoms with Gasteiger partial charge in [0.25, 0.3) is 0 Å². The van der Waals surface area contributed by atoms with E-state index in [4.69, 9.17) is 19.2 Å². The van der Waals surface area contributed by atoms with E-state index in [2.05, 4.69) is 34.6 Å². The molecule has 0 amide bonds. The molecule has 7 heteroatoms. The van der Waals surface area contributed by atoms with Crippen LogP contribution >= 0.6 is 0 Å². The number of rotatable bonds is 9. The Hall–Kier alpha value is -1.83. The quantitative estimate of drug-likeness (QED) is 0.363. The average Bonchev–Trinajstić information content (AvgIpc) is 2.81. The van der Waals surface area contributed by atoms with Crippen molar-refractivity contribution in [2.75, 3.05) is 72.8 Å². The fraction of sp³-hybridized carbons (Fsp3) is 0.696. The lowest BCUT2D eigenvalue weighted by molar-refractivity contribution is 0.0376. The molecule has 0 atom stereocenters. The van der Waals surface area contributed by atoms with Gasteiger partial charge in [0.05, 0.1) is 26.9 Å². The highest BCUT2D eigenvalue weighted by atomic mass is 16.5. The van der Waals surface area contributed by atoms with Crippen molar-refractivity contribution in [3.8, 4) is 5.75 Å².